The molecule has 0 saturated heterocycles. The van der Waals surface area contributed by atoms with Crippen molar-refractivity contribution >= 4 is 10.0 Å². The van der Waals surface area contributed by atoms with Gasteiger partial charge in [-0.1, -0.05) is 5.16 Å². The maximum Gasteiger partial charge on any atom is 0.416 e. The summed E-state index contributed by atoms with van der Waals surface area (Å²) in [5.74, 6) is 1.15. The van der Waals surface area contributed by atoms with Crippen LogP contribution in [0.4, 0.5) is 13.2 Å². The highest BCUT2D eigenvalue weighted by Crippen LogP contribution is 2.32. The van der Waals surface area contributed by atoms with Crippen molar-refractivity contribution in [2.75, 3.05) is 0 Å². The first-order valence-corrected chi connectivity index (χ1v) is 10.6. The molecule has 1 aromatic heterocycles. The molecule has 11 heteroatoms. The van der Waals surface area contributed by atoms with Gasteiger partial charge in [-0.3, -0.25) is 0 Å². The summed E-state index contributed by atoms with van der Waals surface area (Å²) in [6.45, 7) is 0. The number of halogens is 3. The molecule has 0 unspecified atom stereocenters. The maximum atomic E-state index is 12.6. The van der Waals surface area contributed by atoms with Gasteiger partial charge in [0.05, 0.1) is 10.5 Å². The molecule has 4 rings (SSSR count). The first-order chi connectivity index (χ1) is 15.1. The van der Waals surface area contributed by atoms with Crippen molar-refractivity contribution in [3.8, 4) is 34.3 Å². The van der Waals surface area contributed by atoms with Crippen molar-refractivity contribution < 1.29 is 30.8 Å². The minimum Gasteiger partial charge on any atom is -0.457 e. The van der Waals surface area contributed by atoms with Gasteiger partial charge in [0, 0.05) is 11.1 Å². The Kier molecular flexibility index (Phi) is 5.45. The Morgan fingerprint density at radius 2 is 1.34 bits per heavy atom. The lowest BCUT2D eigenvalue weighted by molar-refractivity contribution is -0.137. The molecule has 0 saturated carbocycles. The summed E-state index contributed by atoms with van der Waals surface area (Å²) in [6, 6.07) is 16.6. The van der Waals surface area contributed by atoms with Crippen LogP contribution < -0.4 is 9.88 Å². The highest BCUT2D eigenvalue weighted by Gasteiger charge is 2.30. The van der Waals surface area contributed by atoms with Crippen LogP contribution in [0.25, 0.3) is 22.8 Å². The first kappa shape index (κ1) is 21.5. The average molecular weight is 461 g/mol. The van der Waals surface area contributed by atoms with Gasteiger partial charge in [0.2, 0.25) is 15.8 Å². The molecule has 0 fully saturated rings. The Morgan fingerprint density at radius 1 is 0.812 bits per heavy atom. The summed E-state index contributed by atoms with van der Waals surface area (Å²) in [4.78, 5) is 4.25. The van der Waals surface area contributed by atoms with E-state index in [2.05, 4.69) is 10.1 Å². The summed E-state index contributed by atoms with van der Waals surface area (Å²) in [6.07, 6.45) is -4.41. The van der Waals surface area contributed by atoms with Gasteiger partial charge in [-0.25, -0.2) is 13.6 Å². The van der Waals surface area contributed by atoms with Crippen LogP contribution in [-0.2, 0) is 16.2 Å². The van der Waals surface area contributed by atoms with E-state index in [1.807, 2.05) is 0 Å². The minimum atomic E-state index is -4.41. The summed E-state index contributed by atoms with van der Waals surface area (Å²) in [7, 11) is -3.80. The third kappa shape index (κ3) is 4.79. The number of nitrogens with zero attached hydrogens (tertiary/aromatic N) is 2. The number of sulfonamides is 1. The molecule has 4 aromatic rings. The van der Waals surface area contributed by atoms with E-state index in [1.165, 1.54) is 36.4 Å². The number of rotatable bonds is 5. The largest absolute Gasteiger partial charge is 0.457 e. The predicted molar refractivity (Wildman–Crippen MR) is 108 cm³/mol. The van der Waals surface area contributed by atoms with Crippen molar-refractivity contribution in [3.05, 3.63) is 78.4 Å². The zero-order valence-electron chi connectivity index (χ0n) is 16.1. The van der Waals surface area contributed by atoms with Gasteiger partial charge in [-0.2, -0.15) is 18.2 Å². The normalized spacial score (nSPS) is 12.0. The topological polar surface area (TPSA) is 108 Å². The van der Waals surface area contributed by atoms with Crippen LogP contribution in [0.5, 0.6) is 11.5 Å². The Bertz CT molecular complexity index is 1330. The zero-order chi connectivity index (χ0) is 22.9. The van der Waals surface area contributed by atoms with Crippen LogP contribution in [0.2, 0.25) is 0 Å². The summed E-state index contributed by atoms with van der Waals surface area (Å²) in [5, 5.41) is 8.98. The molecular formula is C21H14F3N3O4S. The molecule has 1 heterocycles. The minimum absolute atomic E-state index is 0.0374. The standard InChI is InChI=1S/C21H14F3N3O4S/c22-21(23,24)15-5-9-17(10-6-15)30-16-7-1-13(2-8-16)19-26-20(31-27-19)14-3-11-18(12-4-14)32(25,28)29/h1-12H,(H2,25,28,29). The number of ether oxygens (including phenoxy) is 1. The first-order valence-electron chi connectivity index (χ1n) is 9.02. The molecule has 0 spiro atoms. The second-order valence-corrected chi connectivity index (χ2v) is 8.20. The lowest BCUT2D eigenvalue weighted by atomic mass is 10.2. The third-order valence-electron chi connectivity index (χ3n) is 4.39. The van der Waals surface area contributed by atoms with Gasteiger partial charge in [0.1, 0.15) is 11.5 Å². The zero-order valence-corrected chi connectivity index (χ0v) is 16.9. The van der Waals surface area contributed by atoms with Crippen LogP contribution in [0.3, 0.4) is 0 Å². The quantitative estimate of drug-likeness (QED) is 0.455. The SMILES string of the molecule is NS(=O)(=O)c1ccc(-c2nc(-c3ccc(Oc4ccc(C(F)(F)F)cc4)cc3)no2)cc1. The smallest absolute Gasteiger partial charge is 0.416 e. The molecule has 0 atom stereocenters. The van der Waals surface area contributed by atoms with Gasteiger partial charge in [-0.15, -0.1) is 0 Å². The molecule has 0 radical (unpaired) electrons. The number of benzene rings is 3. The summed E-state index contributed by atoms with van der Waals surface area (Å²) in [5.41, 5.74) is 0.367. The molecule has 0 aliphatic rings. The van der Waals surface area contributed by atoms with E-state index < -0.39 is 21.8 Å². The number of nitrogens with two attached hydrogens (primary N) is 1. The van der Waals surface area contributed by atoms with Gasteiger partial charge >= 0.3 is 6.18 Å². The van der Waals surface area contributed by atoms with E-state index in [-0.39, 0.29) is 22.4 Å². The van der Waals surface area contributed by atoms with E-state index in [1.54, 1.807) is 24.3 Å². The number of alkyl halides is 3. The Balaban J connectivity index is 1.47. The molecular weight excluding hydrogens is 447 g/mol. The fraction of sp³-hybridized carbons (Fsp3) is 0.0476. The molecule has 32 heavy (non-hydrogen) atoms. The molecule has 0 bridgehead atoms. The summed E-state index contributed by atoms with van der Waals surface area (Å²) >= 11 is 0. The van der Waals surface area contributed by atoms with Crippen LogP contribution in [0, 0.1) is 0 Å². The van der Waals surface area contributed by atoms with Gasteiger partial charge in [0.15, 0.2) is 0 Å². The van der Waals surface area contributed by atoms with Crippen molar-refractivity contribution in [2.24, 2.45) is 5.14 Å². The molecule has 0 aliphatic heterocycles. The fourth-order valence-corrected chi connectivity index (χ4v) is 3.28. The second-order valence-electron chi connectivity index (χ2n) is 6.64. The van der Waals surface area contributed by atoms with Gasteiger partial charge in [0.25, 0.3) is 5.89 Å². The lowest BCUT2D eigenvalue weighted by Crippen LogP contribution is -2.11. The lowest BCUT2D eigenvalue weighted by Gasteiger charge is -2.09. The number of hydrogen-bond donors (Lipinski definition) is 1. The van der Waals surface area contributed by atoms with Crippen LogP contribution in [0.15, 0.2) is 82.2 Å². The Hall–Kier alpha value is -3.70. The van der Waals surface area contributed by atoms with Gasteiger partial charge in [-0.05, 0) is 72.8 Å². The monoisotopic (exact) mass is 461 g/mol. The highest BCUT2D eigenvalue weighted by atomic mass is 32.2. The van der Waals surface area contributed by atoms with Crippen LogP contribution in [0.1, 0.15) is 5.56 Å². The molecule has 2 N–H and O–H groups in total. The predicted octanol–water partition coefficient (Wildman–Crippen LogP) is 4.86. The molecule has 164 valence electrons. The van der Waals surface area contributed by atoms with Gasteiger partial charge < -0.3 is 9.26 Å². The highest BCUT2D eigenvalue weighted by molar-refractivity contribution is 7.89. The van der Waals surface area contributed by atoms with Crippen molar-refractivity contribution in [1.29, 1.82) is 0 Å². The maximum absolute atomic E-state index is 12.6. The Morgan fingerprint density at radius 3 is 1.88 bits per heavy atom. The number of primary sulfonamides is 1. The van der Waals surface area contributed by atoms with E-state index in [0.29, 0.717) is 16.9 Å². The Labute approximate surface area is 180 Å². The molecule has 3 aromatic carbocycles. The summed E-state index contributed by atoms with van der Waals surface area (Å²) < 4.78 is 71.4. The van der Waals surface area contributed by atoms with Crippen molar-refractivity contribution in [1.82, 2.24) is 10.1 Å². The van der Waals surface area contributed by atoms with E-state index in [9.17, 15) is 21.6 Å². The van der Waals surface area contributed by atoms with Crippen LogP contribution >= 0.6 is 0 Å². The number of hydrogen-bond acceptors (Lipinski definition) is 6. The molecule has 0 amide bonds. The van der Waals surface area contributed by atoms with E-state index in [4.69, 9.17) is 14.4 Å². The van der Waals surface area contributed by atoms with Crippen molar-refractivity contribution in [3.63, 3.8) is 0 Å². The third-order valence-corrected chi connectivity index (χ3v) is 5.31. The molecule has 7 nitrogen and oxygen atoms in total. The number of aromatic nitrogens is 2. The fourth-order valence-electron chi connectivity index (χ4n) is 2.77. The van der Waals surface area contributed by atoms with E-state index in [0.717, 1.165) is 12.1 Å². The van der Waals surface area contributed by atoms with Crippen LogP contribution in [-0.4, -0.2) is 18.6 Å². The van der Waals surface area contributed by atoms with Crippen molar-refractivity contribution in [2.45, 2.75) is 11.1 Å². The second kappa shape index (κ2) is 8.09. The average Bonchev–Trinajstić information content (AvgIpc) is 3.24. The molecule has 0 aliphatic carbocycles. The van der Waals surface area contributed by atoms with E-state index >= 15 is 0 Å².